The van der Waals surface area contributed by atoms with Crippen molar-refractivity contribution in [1.82, 2.24) is 0 Å². The van der Waals surface area contributed by atoms with E-state index in [1.807, 2.05) is 11.3 Å². The number of fused-ring (bicyclic) bond motifs is 14. The zero-order chi connectivity index (χ0) is 42.5. The van der Waals surface area contributed by atoms with Gasteiger partial charge in [0.2, 0.25) is 0 Å². The van der Waals surface area contributed by atoms with Gasteiger partial charge in [0.1, 0.15) is 11.2 Å². The maximum atomic E-state index is 6.75. The van der Waals surface area contributed by atoms with Gasteiger partial charge in [-0.05, 0) is 121 Å². The number of nitrogens with zero attached hydrogens (tertiary/aromatic N) is 2. The van der Waals surface area contributed by atoms with Crippen molar-refractivity contribution in [3.8, 4) is 0 Å². The van der Waals surface area contributed by atoms with E-state index < -0.39 is 0 Å². The highest BCUT2D eigenvalue weighted by molar-refractivity contribution is 7.26. The summed E-state index contributed by atoms with van der Waals surface area (Å²) in [6.07, 6.45) is 0. The maximum Gasteiger partial charge on any atom is 0.252 e. The molecule has 11 aromatic rings. The molecule has 0 radical (unpaired) electrons. The smallest absolute Gasteiger partial charge is 0.252 e. The number of hydrogen-bond donors (Lipinski definition) is 0. The summed E-state index contributed by atoms with van der Waals surface area (Å²) in [6, 6.07) is 61.6. The van der Waals surface area contributed by atoms with Crippen LogP contribution >= 0.6 is 11.3 Å². The molecule has 0 fully saturated rings. The second kappa shape index (κ2) is 12.9. The molecule has 0 saturated heterocycles. The van der Waals surface area contributed by atoms with Gasteiger partial charge >= 0.3 is 0 Å². The van der Waals surface area contributed by atoms with Crippen molar-refractivity contribution in [2.45, 2.75) is 52.4 Å². The summed E-state index contributed by atoms with van der Waals surface area (Å²) < 4.78 is 9.36. The Balaban J connectivity index is 1.23. The maximum absolute atomic E-state index is 6.75. The average molecular weight is 829 g/mol. The number of para-hydroxylation sites is 1. The molecule has 9 aromatic carbocycles. The van der Waals surface area contributed by atoms with Crippen molar-refractivity contribution in [1.29, 1.82) is 0 Å². The quantitative estimate of drug-likeness (QED) is 0.162. The third-order valence-electron chi connectivity index (χ3n) is 13.8. The van der Waals surface area contributed by atoms with Crippen LogP contribution in [-0.2, 0) is 10.8 Å². The SMILES string of the molecule is CC(C)(C)c1cc2ccccc2cc1N1c2cccc3c2B(c2ccc4oc5ccccc5c4c21)c1ccc2sc4ccccc4c2c1N3c1cc2ccccc2cc1C(C)(C)C. The van der Waals surface area contributed by atoms with E-state index in [2.05, 4.69) is 215 Å². The molecule has 2 aliphatic rings. The highest BCUT2D eigenvalue weighted by atomic mass is 32.1. The predicted molar refractivity (Wildman–Crippen MR) is 273 cm³/mol. The Bertz CT molecular complexity index is 3510. The first-order valence-electron chi connectivity index (χ1n) is 22.2. The first-order chi connectivity index (χ1) is 30.5. The summed E-state index contributed by atoms with van der Waals surface area (Å²) in [5.41, 5.74) is 15.4. The van der Waals surface area contributed by atoms with Crippen LogP contribution in [0.15, 0.2) is 168 Å². The summed E-state index contributed by atoms with van der Waals surface area (Å²) in [6.45, 7) is 14.1. The lowest BCUT2D eigenvalue weighted by Gasteiger charge is -2.46. The van der Waals surface area contributed by atoms with Gasteiger partial charge in [0.15, 0.2) is 0 Å². The van der Waals surface area contributed by atoms with Gasteiger partial charge in [-0.1, -0.05) is 145 Å². The van der Waals surface area contributed by atoms with Crippen molar-refractivity contribution in [2.75, 3.05) is 9.80 Å². The standard InChI is InChI=1S/C58H45BN2OS/c1-57(2,3)40-30-34-16-7-9-18-36(34)32-46(40)60-44-22-15-23-45-54(44)59(42-26-28-49-52(55(42)60)38-20-11-13-24-48(38)62-49)43-27-29-51-53(39-21-12-14-25-50(39)63-51)56(43)61(45)47-33-37-19-10-8-17-35(37)31-41(47)58(4,5)6/h7-33H,1-6H3. The molecule has 302 valence electrons. The Morgan fingerprint density at radius 1 is 0.429 bits per heavy atom. The van der Waals surface area contributed by atoms with E-state index in [1.54, 1.807) is 0 Å². The van der Waals surface area contributed by atoms with Crippen molar-refractivity contribution in [2.24, 2.45) is 0 Å². The number of rotatable bonds is 2. The first-order valence-corrected chi connectivity index (χ1v) is 23.0. The molecule has 2 aliphatic heterocycles. The minimum Gasteiger partial charge on any atom is -0.456 e. The molecule has 0 aliphatic carbocycles. The summed E-state index contributed by atoms with van der Waals surface area (Å²) in [4.78, 5) is 5.29. The fraction of sp³-hybridized carbons (Fsp3) is 0.138. The summed E-state index contributed by atoms with van der Waals surface area (Å²) in [5, 5.41) is 9.89. The molecular weight excluding hydrogens is 784 g/mol. The van der Waals surface area contributed by atoms with E-state index in [4.69, 9.17) is 4.42 Å². The van der Waals surface area contributed by atoms with Gasteiger partial charge in [0.05, 0.1) is 28.1 Å². The van der Waals surface area contributed by atoms with Gasteiger partial charge in [-0.2, -0.15) is 0 Å². The predicted octanol–water partition coefficient (Wildman–Crippen LogP) is 14.9. The number of benzene rings is 9. The Morgan fingerprint density at radius 2 is 0.937 bits per heavy atom. The van der Waals surface area contributed by atoms with E-state index in [1.165, 1.54) is 103 Å². The number of thiophene rings is 1. The molecule has 0 saturated carbocycles. The fourth-order valence-corrected chi connectivity index (χ4v) is 12.2. The minimum atomic E-state index is -0.158. The van der Waals surface area contributed by atoms with Gasteiger partial charge in [-0.25, -0.2) is 0 Å². The molecule has 0 amide bonds. The largest absolute Gasteiger partial charge is 0.456 e. The molecule has 2 aromatic heterocycles. The van der Waals surface area contributed by atoms with Crippen LogP contribution in [0, 0.1) is 0 Å². The third-order valence-corrected chi connectivity index (χ3v) is 15.0. The zero-order valence-electron chi connectivity index (χ0n) is 36.4. The number of anilines is 6. The molecule has 4 heterocycles. The fourth-order valence-electron chi connectivity index (χ4n) is 11.1. The summed E-state index contributed by atoms with van der Waals surface area (Å²) in [5.74, 6) is 0. The number of furan rings is 1. The average Bonchev–Trinajstić information content (AvgIpc) is 3.86. The van der Waals surface area contributed by atoms with Crippen LogP contribution in [-0.4, -0.2) is 6.71 Å². The van der Waals surface area contributed by atoms with Crippen LogP contribution in [0.3, 0.4) is 0 Å². The lowest BCUT2D eigenvalue weighted by molar-refractivity contribution is 0.591. The van der Waals surface area contributed by atoms with Gasteiger partial charge in [0.25, 0.3) is 6.71 Å². The van der Waals surface area contributed by atoms with Crippen LogP contribution in [0.1, 0.15) is 52.7 Å². The molecule has 13 rings (SSSR count). The number of hydrogen-bond acceptors (Lipinski definition) is 4. The van der Waals surface area contributed by atoms with Gasteiger partial charge in [0, 0.05) is 36.9 Å². The van der Waals surface area contributed by atoms with Gasteiger partial charge in [-0.15, -0.1) is 11.3 Å². The van der Waals surface area contributed by atoms with Crippen LogP contribution in [0.4, 0.5) is 34.1 Å². The molecule has 0 unspecified atom stereocenters. The second-order valence-corrected chi connectivity index (χ2v) is 20.8. The van der Waals surface area contributed by atoms with E-state index in [0.29, 0.717) is 0 Å². The second-order valence-electron chi connectivity index (χ2n) is 19.7. The molecule has 0 N–H and O–H groups in total. The Kier molecular flexibility index (Phi) is 7.52. The molecule has 0 atom stereocenters. The highest BCUT2D eigenvalue weighted by Gasteiger charge is 2.46. The van der Waals surface area contributed by atoms with Crippen LogP contribution < -0.4 is 26.2 Å². The van der Waals surface area contributed by atoms with Crippen molar-refractivity contribution in [3.05, 3.63) is 175 Å². The molecule has 5 heteroatoms. The van der Waals surface area contributed by atoms with E-state index in [9.17, 15) is 0 Å². The van der Waals surface area contributed by atoms with Crippen molar-refractivity contribution >= 4 is 132 Å². The van der Waals surface area contributed by atoms with Crippen molar-refractivity contribution < 1.29 is 4.42 Å². The Morgan fingerprint density at radius 3 is 1.54 bits per heavy atom. The summed E-state index contributed by atoms with van der Waals surface area (Å²) >= 11 is 1.90. The zero-order valence-corrected chi connectivity index (χ0v) is 37.2. The molecular formula is C58H45BN2OS. The molecule has 0 spiro atoms. The molecule has 63 heavy (non-hydrogen) atoms. The van der Waals surface area contributed by atoms with Gasteiger partial charge in [-0.3, -0.25) is 0 Å². The Hall–Kier alpha value is -6.82. The lowest BCUT2D eigenvalue weighted by Crippen LogP contribution is -2.61. The monoisotopic (exact) mass is 828 g/mol. The molecule has 3 nitrogen and oxygen atoms in total. The van der Waals surface area contributed by atoms with E-state index >= 15 is 0 Å². The van der Waals surface area contributed by atoms with Gasteiger partial charge < -0.3 is 14.2 Å². The first kappa shape index (κ1) is 36.8. The van der Waals surface area contributed by atoms with Crippen LogP contribution in [0.5, 0.6) is 0 Å². The normalized spacial score (nSPS) is 13.8. The minimum absolute atomic E-state index is 0.0492. The van der Waals surface area contributed by atoms with Crippen LogP contribution in [0.2, 0.25) is 0 Å². The van der Waals surface area contributed by atoms with Crippen LogP contribution in [0.25, 0.3) is 63.7 Å². The highest BCUT2D eigenvalue weighted by Crippen LogP contribution is 2.53. The van der Waals surface area contributed by atoms with E-state index in [-0.39, 0.29) is 17.5 Å². The topological polar surface area (TPSA) is 19.6 Å². The third kappa shape index (κ3) is 5.20. The Labute approximate surface area is 371 Å². The van der Waals surface area contributed by atoms with E-state index in [0.717, 1.165) is 21.9 Å². The van der Waals surface area contributed by atoms with Crippen molar-refractivity contribution in [3.63, 3.8) is 0 Å². The lowest BCUT2D eigenvalue weighted by atomic mass is 9.33. The molecule has 0 bridgehead atoms. The summed E-state index contributed by atoms with van der Waals surface area (Å²) in [7, 11) is 0.